The van der Waals surface area contributed by atoms with Gasteiger partial charge in [0.15, 0.2) is 11.5 Å². The van der Waals surface area contributed by atoms with Gasteiger partial charge in [0.05, 0.1) is 29.7 Å². The number of nitrogens with zero attached hydrogens (tertiary/aromatic N) is 6. The van der Waals surface area contributed by atoms with Crippen molar-refractivity contribution in [2.45, 2.75) is 83.4 Å². The number of carbonyl (C=O) groups is 1. The lowest BCUT2D eigenvalue weighted by atomic mass is 9.85. The number of pyridine rings is 1. The van der Waals surface area contributed by atoms with E-state index in [1.807, 2.05) is 65.2 Å². The number of aliphatic hydroxyl groups is 1. The summed E-state index contributed by atoms with van der Waals surface area (Å²) in [7, 11) is 0. The van der Waals surface area contributed by atoms with Crippen molar-refractivity contribution in [3.8, 4) is 11.4 Å². The largest absolute Gasteiger partial charge is 0.484 e. The molecule has 3 aromatic heterocycles. The Hall–Kier alpha value is -4.74. The molecule has 1 fully saturated rings. The van der Waals surface area contributed by atoms with E-state index in [2.05, 4.69) is 65.6 Å². The summed E-state index contributed by atoms with van der Waals surface area (Å²) in [5, 5.41) is 29.6. The molecular formula is C38H46N8O3. The van der Waals surface area contributed by atoms with Gasteiger partial charge in [-0.05, 0) is 81.0 Å². The van der Waals surface area contributed by atoms with Crippen LogP contribution in [0.4, 0.5) is 10.6 Å². The first-order chi connectivity index (χ1) is 23.7. The maximum Gasteiger partial charge on any atom is 0.320 e. The number of aromatic nitrogens is 5. The smallest absolute Gasteiger partial charge is 0.320 e. The third-order valence-corrected chi connectivity index (χ3v) is 9.68. The molecule has 0 spiro atoms. The maximum atomic E-state index is 13.6. The molecule has 2 aliphatic rings. The fourth-order valence-electron chi connectivity index (χ4n) is 7.06. The van der Waals surface area contributed by atoms with Gasteiger partial charge in [-0.15, -0.1) is 10.2 Å². The lowest BCUT2D eigenvalue weighted by Crippen LogP contribution is -2.36. The molecule has 7 rings (SSSR count). The van der Waals surface area contributed by atoms with Crippen molar-refractivity contribution in [1.29, 1.82) is 0 Å². The monoisotopic (exact) mass is 662 g/mol. The minimum Gasteiger partial charge on any atom is -0.484 e. The summed E-state index contributed by atoms with van der Waals surface area (Å²) in [5.74, 6) is 2.28. The van der Waals surface area contributed by atoms with Crippen LogP contribution in [0.5, 0.6) is 5.75 Å². The van der Waals surface area contributed by atoms with Crippen molar-refractivity contribution in [1.82, 2.24) is 34.6 Å². The molecule has 3 N–H and O–H groups in total. The number of nitrogens with one attached hydrogen (secondary N) is 2. The van der Waals surface area contributed by atoms with Crippen molar-refractivity contribution < 1.29 is 14.6 Å². The SMILES string of the molecule is Cc1ccc(-n2nc(C(C)(C)C)cc2NC(=O)N[C@H]2CC[C@@H](Oc3ccc4nnc([C@@H]5CCCN5CCCO)n4c3)c3ccccc32)cc1. The van der Waals surface area contributed by atoms with Gasteiger partial charge in [0, 0.05) is 24.6 Å². The molecule has 11 nitrogen and oxygen atoms in total. The summed E-state index contributed by atoms with van der Waals surface area (Å²) < 4.78 is 10.5. The van der Waals surface area contributed by atoms with E-state index in [4.69, 9.17) is 9.84 Å². The Morgan fingerprint density at radius 2 is 1.80 bits per heavy atom. The molecule has 2 amide bonds. The summed E-state index contributed by atoms with van der Waals surface area (Å²) in [6.45, 7) is 10.4. The van der Waals surface area contributed by atoms with Crippen LogP contribution in [0.1, 0.15) is 99.3 Å². The van der Waals surface area contributed by atoms with Gasteiger partial charge in [0.2, 0.25) is 0 Å². The predicted molar refractivity (Wildman–Crippen MR) is 189 cm³/mol. The Labute approximate surface area is 287 Å². The van der Waals surface area contributed by atoms with Crippen molar-refractivity contribution in [2.75, 3.05) is 25.0 Å². The van der Waals surface area contributed by atoms with Crippen LogP contribution in [-0.4, -0.2) is 60.1 Å². The van der Waals surface area contributed by atoms with Gasteiger partial charge in [-0.2, -0.15) is 5.10 Å². The number of hydrogen-bond acceptors (Lipinski definition) is 7. The standard InChI is InChI=1S/C38H46N8O3/c1-25-12-14-26(15-13-25)46-35(23-33(43-46)38(2,3)4)40-37(48)39-30-17-18-32(29-10-6-5-9-28(29)30)49-27-16-19-34-41-42-36(45(34)24-27)31-11-7-20-44(31)21-8-22-47/h5-6,9-10,12-16,19,23-24,30-32,47H,7-8,11,17-18,20-22H2,1-4H3,(H2,39,40,48)/t30-,31-,32+/m0/s1. The zero-order chi connectivity index (χ0) is 34.1. The number of aliphatic hydroxyl groups excluding tert-OH is 1. The normalized spacial score (nSPS) is 19.6. The summed E-state index contributed by atoms with van der Waals surface area (Å²) in [5.41, 5.74) is 5.66. The highest BCUT2D eigenvalue weighted by Gasteiger charge is 2.32. The summed E-state index contributed by atoms with van der Waals surface area (Å²) >= 11 is 0. The molecular weight excluding hydrogens is 616 g/mol. The fraction of sp³-hybridized carbons (Fsp3) is 0.421. The van der Waals surface area contributed by atoms with Crippen LogP contribution in [0.3, 0.4) is 0 Å². The average Bonchev–Trinajstić information content (AvgIpc) is 3.83. The summed E-state index contributed by atoms with van der Waals surface area (Å²) in [4.78, 5) is 15.9. The molecule has 256 valence electrons. The van der Waals surface area contributed by atoms with Crippen LogP contribution in [0, 0.1) is 6.92 Å². The molecule has 0 radical (unpaired) electrons. The number of aryl methyl sites for hydroxylation is 1. The Morgan fingerprint density at radius 3 is 2.57 bits per heavy atom. The van der Waals surface area contributed by atoms with E-state index in [1.54, 1.807) is 4.68 Å². The number of rotatable bonds is 9. The first-order valence-corrected chi connectivity index (χ1v) is 17.4. The van der Waals surface area contributed by atoms with Crippen molar-refractivity contribution >= 4 is 17.5 Å². The zero-order valence-corrected chi connectivity index (χ0v) is 28.8. The van der Waals surface area contributed by atoms with Crippen LogP contribution in [0.25, 0.3) is 11.3 Å². The van der Waals surface area contributed by atoms with Crippen molar-refractivity contribution in [3.63, 3.8) is 0 Å². The van der Waals surface area contributed by atoms with Crippen molar-refractivity contribution in [3.05, 3.63) is 101 Å². The van der Waals surface area contributed by atoms with Crippen molar-refractivity contribution in [2.24, 2.45) is 0 Å². The number of anilines is 1. The average molecular weight is 663 g/mol. The van der Waals surface area contributed by atoms with Gasteiger partial charge in [-0.3, -0.25) is 14.6 Å². The van der Waals surface area contributed by atoms with E-state index in [1.165, 1.54) is 0 Å². The third-order valence-electron chi connectivity index (χ3n) is 9.68. The van der Waals surface area contributed by atoms with Gasteiger partial charge < -0.3 is 15.2 Å². The number of carbonyl (C=O) groups excluding carboxylic acids is 1. The van der Waals surface area contributed by atoms with E-state index < -0.39 is 0 Å². The van der Waals surface area contributed by atoms with E-state index in [0.717, 1.165) is 90.5 Å². The Kier molecular flexibility index (Phi) is 9.13. The van der Waals surface area contributed by atoms with E-state index in [9.17, 15) is 9.90 Å². The predicted octanol–water partition coefficient (Wildman–Crippen LogP) is 6.82. The van der Waals surface area contributed by atoms with Gasteiger partial charge in [-0.1, -0.05) is 62.7 Å². The summed E-state index contributed by atoms with van der Waals surface area (Å²) in [6.07, 6.45) is 6.15. The quantitative estimate of drug-likeness (QED) is 0.158. The molecule has 49 heavy (non-hydrogen) atoms. The van der Waals surface area contributed by atoms with Crippen LogP contribution in [0.15, 0.2) is 72.9 Å². The number of likely N-dealkylation sites (tertiary alicyclic amines) is 1. The number of hydrogen-bond donors (Lipinski definition) is 3. The molecule has 0 unspecified atom stereocenters. The highest BCUT2D eigenvalue weighted by atomic mass is 16.5. The Bertz CT molecular complexity index is 1930. The molecule has 0 saturated carbocycles. The molecule has 3 atom stereocenters. The van der Waals surface area contributed by atoms with Gasteiger partial charge in [0.1, 0.15) is 17.7 Å². The maximum absolute atomic E-state index is 13.6. The Morgan fingerprint density at radius 1 is 1.00 bits per heavy atom. The molecule has 11 heteroatoms. The second-order valence-corrected chi connectivity index (χ2v) is 14.3. The first kappa shape index (κ1) is 32.8. The number of amides is 2. The number of benzene rings is 2. The first-order valence-electron chi connectivity index (χ1n) is 17.4. The van der Waals surface area contributed by atoms with E-state index in [0.29, 0.717) is 5.82 Å². The van der Waals surface area contributed by atoms with Gasteiger partial charge in [0.25, 0.3) is 0 Å². The molecule has 0 bridgehead atoms. The van der Waals surface area contributed by atoms with Gasteiger partial charge in [-0.25, -0.2) is 9.48 Å². The number of ether oxygens (including phenoxy) is 1. The minimum atomic E-state index is -0.279. The second kappa shape index (κ2) is 13.6. The van der Waals surface area contributed by atoms with Crippen LogP contribution >= 0.6 is 0 Å². The third kappa shape index (κ3) is 6.91. The molecule has 1 aliphatic heterocycles. The lowest BCUT2D eigenvalue weighted by molar-refractivity contribution is 0.171. The topological polar surface area (TPSA) is 122 Å². The lowest BCUT2D eigenvalue weighted by Gasteiger charge is -2.32. The number of urea groups is 1. The zero-order valence-electron chi connectivity index (χ0n) is 28.8. The molecule has 5 aromatic rings. The second-order valence-electron chi connectivity index (χ2n) is 14.3. The summed E-state index contributed by atoms with van der Waals surface area (Å²) in [6, 6.07) is 21.9. The van der Waals surface area contributed by atoms with Crippen LogP contribution in [0.2, 0.25) is 0 Å². The molecule has 4 heterocycles. The molecule has 1 saturated heterocycles. The fourth-order valence-corrected chi connectivity index (χ4v) is 7.06. The molecule has 1 aliphatic carbocycles. The highest BCUT2D eigenvalue weighted by molar-refractivity contribution is 5.89. The van der Waals surface area contributed by atoms with Gasteiger partial charge >= 0.3 is 6.03 Å². The van der Waals surface area contributed by atoms with E-state index in [-0.39, 0.29) is 36.2 Å². The van der Waals surface area contributed by atoms with E-state index >= 15 is 0 Å². The Balaban J connectivity index is 1.08. The van der Waals surface area contributed by atoms with Crippen LogP contribution < -0.4 is 15.4 Å². The molecule has 2 aromatic carbocycles. The minimum absolute atomic E-state index is 0.167. The number of fused-ring (bicyclic) bond motifs is 2. The highest BCUT2D eigenvalue weighted by Crippen LogP contribution is 2.39. The van der Waals surface area contributed by atoms with Crippen LogP contribution in [-0.2, 0) is 5.41 Å².